The molecule has 0 saturated heterocycles. The number of esters is 1. The van der Waals surface area contributed by atoms with Gasteiger partial charge in [0.25, 0.3) is 0 Å². The van der Waals surface area contributed by atoms with Gasteiger partial charge in [0.1, 0.15) is 18.6 Å². The first kappa shape index (κ1) is 12.5. The van der Waals surface area contributed by atoms with Crippen LogP contribution in [0.5, 0.6) is 5.75 Å². The Kier molecular flexibility index (Phi) is 4.75. The fourth-order valence-corrected chi connectivity index (χ4v) is 1.08. The van der Waals surface area contributed by atoms with Gasteiger partial charge in [-0.05, 0) is 18.2 Å². The van der Waals surface area contributed by atoms with Gasteiger partial charge in [-0.25, -0.2) is 4.79 Å². The molecule has 1 unspecified atom stereocenters. The molecular weight excluding hydrogens is 210 g/mol. The zero-order valence-corrected chi connectivity index (χ0v) is 9.30. The largest absolute Gasteiger partial charge is 0.489 e. The average molecular weight is 225 g/mol. The molecule has 0 spiro atoms. The van der Waals surface area contributed by atoms with E-state index >= 15 is 0 Å². The maximum absolute atomic E-state index is 11.2. The number of methoxy groups -OCH3 is 2. The summed E-state index contributed by atoms with van der Waals surface area (Å²) in [7, 11) is 2.83. The Labute approximate surface area is 94.1 Å². The maximum atomic E-state index is 11.2. The molecule has 0 heterocycles. The van der Waals surface area contributed by atoms with Crippen LogP contribution < -0.4 is 10.5 Å². The van der Waals surface area contributed by atoms with E-state index in [-0.39, 0.29) is 6.61 Å². The van der Waals surface area contributed by atoms with E-state index in [4.69, 9.17) is 15.2 Å². The van der Waals surface area contributed by atoms with Crippen LogP contribution in [0.15, 0.2) is 24.3 Å². The molecule has 1 aromatic rings. The van der Waals surface area contributed by atoms with Crippen LogP contribution in [0.1, 0.15) is 10.4 Å². The Balaban J connectivity index is 2.64. The van der Waals surface area contributed by atoms with Crippen LogP contribution in [0.2, 0.25) is 0 Å². The van der Waals surface area contributed by atoms with Crippen molar-refractivity contribution in [1.82, 2.24) is 0 Å². The topological polar surface area (TPSA) is 70.8 Å². The Bertz CT molecular complexity index is 354. The normalized spacial score (nSPS) is 11.9. The molecule has 0 aliphatic rings. The first-order chi connectivity index (χ1) is 7.67. The summed E-state index contributed by atoms with van der Waals surface area (Å²) in [5.41, 5.74) is 5.94. The summed E-state index contributed by atoms with van der Waals surface area (Å²) in [5.74, 6) is 0.150. The van der Waals surface area contributed by atoms with Crippen LogP contribution in [0.25, 0.3) is 0 Å². The molecule has 1 aromatic carbocycles. The van der Waals surface area contributed by atoms with Gasteiger partial charge in [0, 0.05) is 7.11 Å². The smallest absolute Gasteiger partial charge is 0.337 e. The lowest BCUT2D eigenvalue weighted by Crippen LogP contribution is -2.29. The van der Waals surface area contributed by atoms with Crippen LogP contribution >= 0.6 is 0 Å². The number of ether oxygens (including phenoxy) is 3. The molecule has 5 nitrogen and oxygen atoms in total. The molecule has 0 saturated carbocycles. The number of hydrogen-bond acceptors (Lipinski definition) is 5. The van der Waals surface area contributed by atoms with Gasteiger partial charge >= 0.3 is 5.97 Å². The van der Waals surface area contributed by atoms with E-state index in [0.717, 1.165) is 0 Å². The van der Waals surface area contributed by atoms with Gasteiger partial charge in [0.2, 0.25) is 0 Å². The fraction of sp³-hybridized carbons (Fsp3) is 0.364. The Morgan fingerprint density at radius 3 is 2.81 bits per heavy atom. The number of nitrogens with two attached hydrogens (primary N) is 1. The molecule has 1 rings (SSSR count). The molecule has 0 fully saturated rings. The summed E-state index contributed by atoms with van der Waals surface area (Å²) < 4.78 is 14.8. The van der Waals surface area contributed by atoms with Crippen molar-refractivity contribution >= 4 is 5.97 Å². The quantitative estimate of drug-likeness (QED) is 0.592. The second-order valence-corrected chi connectivity index (χ2v) is 3.10. The highest BCUT2D eigenvalue weighted by Crippen LogP contribution is 2.14. The molecule has 2 N–H and O–H groups in total. The molecule has 0 aliphatic heterocycles. The first-order valence-electron chi connectivity index (χ1n) is 4.77. The first-order valence-corrected chi connectivity index (χ1v) is 4.77. The van der Waals surface area contributed by atoms with Crippen LogP contribution in [-0.2, 0) is 9.47 Å². The Hall–Kier alpha value is -1.59. The third-order valence-electron chi connectivity index (χ3n) is 1.97. The molecular formula is C11H15NO4. The van der Waals surface area contributed by atoms with Gasteiger partial charge in [-0.2, -0.15) is 0 Å². The predicted molar refractivity (Wildman–Crippen MR) is 58.3 cm³/mol. The molecule has 0 bridgehead atoms. The van der Waals surface area contributed by atoms with Crippen molar-refractivity contribution in [3.8, 4) is 5.75 Å². The van der Waals surface area contributed by atoms with E-state index in [0.29, 0.717) is 11.3 Å². The van der Waals surface area contributed by atoms with Crippen molar-refractivity contribution in [1.29, 1.82) is 0 Å². The predicted octanol–water partition coefficient (Wildman–Crippen LogP) is 0.783. The summed E-state index contributed by atoms with van der Waals surface area (Å²) in [5, 5.41) is 0. The van der Waals surface area contributed by atoms with Crippen molar-refractivity contribution in [3.63, 3.8) is 0 Å². The summed E-state index contributed by atoms with van der Waals surface area (Å²) in [6.45, 7) is 0.223. The SMILES string of the molecule is COC(=O)c1cccc(OCC(N)OC)c1. The maximum Gasteiger partial charge on any atom is 0.337 e. The van der Waals surface area contributed by atoms with Crippen molar-refractivity contribution in [3.05, 3.63) is 29.8 Å². The van der Waals surface area contributed by atoms with Crippen LogP contribution in [0.4, 0.5) is 0 Å². The van der Waals surface area contributed by atoms with Gasteiger partial charge in [0.15, 0.2) is 0 Å². The van der Waals surface area contributed by atoms with Gasteiger partial charge in [-0.1, -0.05) is 6.07 Å². The second kappa shape index (κ2) is 6.09. The van der Waals surface area contributed by atoms with Gasteiger partial charge in [-0.15, -0.1) is 0 Å². The molecule has 1 atom stereocenters. The number of carbonyl (C=O) groups is 1. The van der Waals surface area contributed by atoms with E-state index in [1.165, 1.54) is 14.2 Å². The number of rotatable bonds is 5. The van der Waals surface area contributed by atoms with Crippen molar-refractivity contribution in [2.45, 2.75) is 6.23 Å². The van der Waals surface area contributed by atoms with E-state index in [2.05, 4.69) is 4.74 Å². The van der Waals surface area contributed by atoms with E-state index in [1.54, 1.807) is 24.3 Å². The minimum Gasteiger partial charge on any atom is -0.489 e. The van der Waals surface area contributed by atoms with E-state index < -0.39 is 12.2 Å². The van der Waals surface area contributed by atoms with Crippen molar-refractivity contribution < 1.29 is 19.0 Å². The minimum atomic E-state index is -0.484. The molecule has 0 aromatic heterocycles. The fourth-order valence-electron chi connectivity index (χ4n) is 1.08. The molecule has 16 heavy (non-hydrogen) atoms. The van der Waals surface area contributed by atoms with Gasteiger partial charge < -0.3 is 19.9 Å². The highest BCUT2D eigenvalue weighted by molar-refractivity contribution is 5.89. The van der Waals surface area contributed by atoms with E-state index in [1.807, 2.05) is 0 Å². The van der Waals surface area contributed by atoms with Crippen LogP contribution in [-0.4, -0.2) is 33.0 Å². The summed E-state index contributed by atoms with van der Waals surface area (Å²) in [4.78, 5) is 11.2. The lowest BCUT2D eigenvalue weighted by molar-refractivity contribution is 0.0594. The third-order valence-corrected chi connectivity index (χ3v) is 1.97. The zero-order valence-electron chi connectivity index (χ0n) is 9.30. The van der Waals surface area contributed by atoms with Crippen molar-refractivity contribution in [2.24, 2.45) is 5.73 Å². The molecule has 0 amide bonds. The summed E-state index contributed by atoms with van der Waals surface area (Å²) >= 11 is 0. The van der Waals surface area contributed by atoms with Crippen LogP contribution in [0, 0.1) is 0 Å². The van der Waals surface area contributed by atoms with Crippen LogP contribution in [0.3, 0.4) is 0 Å². The molecule has 88 valence electrons. The van der Waals surface area contributed by atoms with Gasteiger partial charge in [-0.3, -0.25) is 0 Å². The second-order valence-electron chi connectivity index (χ2n) is 3.10. The highest BCUT2D eigenvalue weighted by atomic mass is 16.5. The number of benzene rings is 1. The number of hydrogen-bond donors (Lipinski definition) is 1. The third kappa shape index (κ3) is 3.52. The number of carbonyl (C=O) groups excluding carboxylic acids is 1. The average Bonchev–Trinajstić information content (AvgIpc) is 2.35. The van der Waals surface area contributed by atoms with Gasteiger partial charge in [0.05, 0.1) is 12.7 Å². The molecule has 5 heteroatoms. The highest BCUT2D eigenvalue weighted by Gasteiger charge is 2.07. The summed E-state index contributed by atoms with van der Waals surface area (Å²) in [6, 6.07) is 6.68. The Morgan fingerprint density at radius 2 is 2.19 bits per heavy atom. The van der Waals surface area contributed by atoms with Crippen molar-refractivity contribution in [2.75, 3.05) is 20.8 Å². The lowest BCUT2D eigenvalue weighted by Gasteiger charge is -2.11. The Morgan fingerprint density at radius 1 is 1.44 bits per heavy atom. The molecule has 0 aliphatic carbocycles. The lowest BCUT2D eigenvalue weighted by atomic mass is 10.2. The molecule has 0 radical (unpaired) electrons. The van der Waals surface area contributed by atoms with E-state index in [9.17, 15) is 4.79 Å². The monoisotopic (exact) mass is 225 g/mol. The standard InChI is InChI=1S/C11H15NO4/c1-14-10(12)7-16-9-5-3-4-8(6-9)11(13)15-2/h3-6,10H,7,12H2,1-2H3. The summed E-state index contributed by atoms with van der Waals surface area (Å²) in [6.07, 6.45) is -0.484. The zero-order chi connectivity index (χ0) is 12.0. The minimum absolute atomic E-state index is 0.223.